The number of carboxylic acids is 1. The van der Waals surface area contributed by atoms with Gasteiger partial charge in [-0.3, -0.25) is 4.98 Å². The maximum Gasteiger partial charge on any atom is 0.337 e. The lowest BCUT2D eigenvalue weighted by Gasteiger charge is -2.09. The molecule has 1 N–H and O–H groups in total. The van der Waals surface area contributed by atoms with Crippen molar-refractivity contribution in [3.05, 3.63) is 82.7 Å². The van der Waals surface area contributed by atoms with Crippen LogP contribution < -0.4 is 0 Å². The number of hydrogen-bond acceptors (Lipinski definition) is 4. The van der Waals surface area contributed by atoms with Gasteiger partial charge in [0.2, 0.25) is 10.0 Å². The molecule has 3 rings (SSSR count). The molecule has 0 spiro atoms. The predicted octanol–water partition coefficient (Wildman–Crippen LogP) is 3.90. The molecule has 0 saturated carbocycles. The van der Waals surface area contributed by atoms with Gasteiger partial charge in [0, 0.05) is 23.1 Å². The highest BCUT2D eigenvalue weighted by molar-refractivity contribution is 9.10. The molecule has 138 valence electrons. The normalized spacial score (nSPS) is 11.7. The average Bonchev–Trinajstić information content (AvgIpc) is 3.09. The number of aromatic carboxylic acids is 1. The van der Waals surface area contributed by atoms with Gasteiger partial charge in [-0.15, -0.1) is 0 Å². The Morgan fingerprint density at radius 1 is 1.19 bits per heavy atom. The molecule has 0 fully saturated rings. The van der Waals surface area contributed by atoms with Crippen LogP contribution in [0.5, 0.6) is 0 Å². The summed E-state index contributed by atoms with van der Waals surface area (Å²) in [5, 5.41) is 9.25. The van der Waals surface area contributed by atoms with Crippen molar-refractivity contribution in [3.8, 4) is 11.3 Å². The Bertz CT molecular complexity index is 1110. The molecule has 0 saturated heterocycles. The van der Waals surface area contributed by atoms with Gasteiger partial charge in [-0.1, -0.05) is 42.5 Å². The van der Waals surface area contributed by atoms with E-state index in [4.69, 9.17) is 0 Å². The van der Waals surface area contributed by atoms with Crippen LogP contribution in [0.3, 0.4) is 0 Å². The molecule has 2 heterocycles. The predicted molar refractivity (Wildman–Crippen MR) is 107 cm³/mol. The van der Waals surface area contributed by atoms with Crippen molar-refractivity contribution in [2.24, 2.45) is 0 Å². The number of carbonyl (C=O) groups is 1. The van der Waals surface area contributed by atoms with Crippen LogP contribution in [0.15, 0.2) is 71.6 Å². The third-order valence-electron chi connectivity index (χ3n) is 3.75. The van der Waals surface area contributed by atoms with Gasteiger partial charge < -0.3 is 5.11 Å². The van der Waals surface area contributed by atoms with Crippen LogP contribution in [0.4, 0.5) is 0 Å². The average molecular weight is 447 g/mol. The van der Waals surface area contributed by atoms with E-state index in [1.54, 1.807) is 48.8 Å². The lowest BCUT2D eigenvalue weighted by atomic mass is 10.1. The van der Waals surface area contributed by atoms with Crippen molar-refractivity contribution in [1.82, 2.24) is 8.96 Å². The van der Waals surface area contributed by atoms with Crippen LogP contribution in [0.2, 0.25) is 0 Å². The van der Waals surface area contributed by atoms with Crippen molar-refractivity contribution in [3.63, 3.8) is 0 Å². The van der Waals surface area contributed by atoms with E-state index in [1.165, 1.54) is 12.1 Å². The second-order valence-electron chi connectivity index (χ2n) is 5.70. The second-order valence-corrected chi connectivity index (χ2v) is 8.50. The van der Waals surface area contributed by atoms with Gasteiger partial charge in [-0.25, -0.2) is 17.2 Å². The SMILES string of the molecule is O=C(O)c1cc(-c2ccccc2)n(S(=O)(=O)CC=Cc2cncc(Br)c2)c1. The molecule has 0 bridgehead atoms. The van der Waals surface area contributed by atoms with E-state index in [-0.39, 0.29) is 11.3 Å². The zero-order valence-electron chi connectivity index (χ0n) is 14.0. The molecule has 6 nitrogen and oxygen atoms in total. The molecule has 1 aromatic carbocycles. The Labute approximate surface area is 165 Å². The number of hydrogen-bond donors (Lipinski definition) is 1. The third kappa shape index (κ3) is 4.53. The Hall–Kier alpha value is -2.71. The summed E-state index contributed by atoms with van der Waals surface area (Å²) in [5.74, 6) is -1.47. The van der Waals surface area contributed by atoms with E-state index in [1.807, 2.05) is 6.07 Å². The maximum absolute atomic E-state index is 12.8. The highest BCUT2D eigenvalue weighted by Gasteiger charge is 2.20. The third-order valence-corrected chi connectivity index (χ3v) is 5.69. The Balaban J connectivity index is 1.95. The van der Waals surface area contributed by atoms with E-state index in [0.717, 1.165) is 20.2 Å². The van der Waals surface area contributed by atoms with Gasteiger partial charge >= 0.3 is 5.97 Å². The summed E-state index contributed by atoms with van der Waals surface area (Å²) in [7, 11) is -3.80. The lowest BCUT2D eigenvalue weighted by molar-refractivity contribution is 0.0697. The largest absolute Gasteiger partial charge is 0.478 e. The summed E-state index contributed by atoms with van der Waals surface area (Å²) in [6, 6.07) is 12.0. The van der Waals surface area contributed by atoms with E-state index >= 15 is 0 Å². The Morgan fingerprint density at radius 3 is 2.59 bits per heavy atom. The molecule has 2 aromatic heterocycles. The molecule has 8 heteroatoms. The molecule has 0 amide bonds. The molecule has 27 heavy (non-hydrogen) atoms. The van der Waals surface area contributed by atoms with Crippen LogP contribution in [-0.4, -0.2) is 34.2 Å². The van der Waals surface area contributed by atoms with Gasteiger partial charge in [-0.05, 0) is 39.2 Å². The number of pyridine rings is 1. The number of benzene rings is 1. The van der Waals surface area contributed by atoms with E-state index in [0.29, 0.717) is 11.3 Å². The van der Waals surface area contributed by atoms with Crippen molar-refractivity contribution >= 4 is 38.0 Å². The smallest absolute Gasteiger partial charge is 0.337 e. The van der Waals surface area contributed by atoms with Gasteiger partial charge in [0.15, 0.2) is 0 Å². The topological polar surface area (TPSA) is 89.3 Å². The minimum absolute atomic E-state index is 0.0856. The van der Waals surface area contributed by atoms with Crippen molar-refractivity contribution < 1.29 is 18.3 Å². The molecule has 0 radical (unpaired) electrons. The van der Waals surface area contributed by atoms with Crippen LogP contribution in [0.25, 0.3) is 17.3 Å². The van der Waals surface area contributed by atoms with E-state index in [9.17, 15) is 18.3 Å². The summed E-state index contributed by atoms with van der Waals surface area (Å²) in [6.45, 7) is 0. The van der Waals surface area contributed by atoms with Crippen LogP contribution >= 0.6 is 15.9 Å². The van der Waals surface area contributed by atoms with Gasteiger partial charge in [-0.2, -0.15) is 0 Å². The minimum atomic E-state index is -3.80. The number of carboxylic acid groups (broad SMARTS) is 1. The van der Waals surface area contributed by atoms with Crippen molar-refractivity contribution in [2.75, 3.05) is 5.75 Å². The summed E-state index contributed by atoms with van der Waals surface area (Å²) in [5.41, 5.74) is 1.60. The maximum atomic E-state index is 12.8. The Morgan fingerprint density at radius 2 is 1.93 bits per heavy atom. The summed E-state index contributed by atoms with van der Waals surface area (Å²) in [6.07, 6.45) is 7.54. The van der Waals surface area contributed by atoms with Gasteiger partial charge in [0.1, 0.15) is 0 Å². The highest BCUT2D eigenvalue weighted by atomic mass is 79.9. The first kappa shape index (κ1) is 19.1. The standard InChI is InChI=1S/C19H15BrN2O4S/c20-17-9-14(11-21-12-17)5-4-8-27(25,26)22-13-16(19(23)24)10-18(22)15-6-2-1-3-7-15/h1-7,9-13H,8H2,(H,23,24). The molecule has 0 unspecified atom stereocenters. The molecular formula is C19H15BrN2O4S. The molecule has 0 atom stereocenters. The van der Waals surface area contributed by atoms with Crippen molar-refractivity contribution in [2.45, 2.75) is 0 Å². The monoisotopic (exact) mass is 446 g/mol. The summed E-state index contributed by atoms with van der Waals surface area (Å²) < 4.78 is 27.4. The fourth-order valence-electron chi connectivity index (χ4n) is 2.52. The van der Waals surface area contributed by atoms with E-state index in [2.05, 4.69) is 20.9 Å². The fraction of sp³-hybridized carbons (Fsp3) is 0.0526. The van der Waals surface area contributed by atoms with Crippen LogP contribution in [0, 0.1) is 0 Å². The first-order valence-corrected chi connectivity index (χ1v) is 10.3. The quantitative estimate of drug-likeness (QED) is 0.619. The van der Waals surface area contributed by atoms with Crippen molar-refractivity contribution in [1.29, 1.82) is 0 Å². The first-order chi connectivity index (χ1) is 12.9. The zero-order chi connectivity index (χ0) is 19.4. The summed E-state index contributed by atoms with van der Waals surface area (Å²) in [4.78, 5) is 15.3. The molecule has 0 aliphatic carbocycles. The number of rotatable bonds is 6. The fourth-order valence-corrected chi connectivity index (χ4v) is 4.13. The highest BCUT2D eigenvalue weighted by Crippen LogP contribution is 2.24. The second kappa shape index (κ2) is 7.89. The van der Waals surface area contributed by atoms with Crippen LogP contribution in [-0.2, 0) is 10.0 Å². The first-order valence-electron chi connectivity index (χ1n) is 7.88. The molecule has 0 aliphatic heterocycles. The molecule has 0 aliphatic rings. The van der Waals surface area contributed by atoms with Gasteiger partial charge in [0.25, 0.3) is 0 Å². The zero-order valence-corrected chi connectivity index (χ0v) is 16.4. The lowest BCUT2D eigenvalue weighted by Crippen LogP contribution is -2.15. The Kier molecular flexibility index (Phi) is 5.57. The van der Waals surface area contributed by atoms with E-state index < -0.39 is 16.0 Å². The number of halogens is 1. The minimum Gasteiger partial charge on any atom is -0.478 e. The van der Waals surface area contributed by atoms with Gasteiger partial charge in [0.05, 0.1) is 17.0 Å². The van der Waals surface area contributed by atoms with Crippen LogP contribution in [0.1, 0.15) is 15.9 Å². The number of nitrogens with zero attached hydrogens (tertiary/aromatic N) is 2. The molecule has 3 aromatic rings. The number of aromatic nitrogens is 2. The summed E-state index contributed by atoms with van der Waals surface area (Å²) >= 11 is 3.31. The molecular weight excluding hydrogens is 432 g/mol.